The van der Waals surface area contributed by atoms with Gasteiger partial charge in [0.2, 0.25) is 11.8 Å². The molecule has 1 aliphatic heterocycles. The fourth-order valence-electron chi connectivity index (χ4n) is 1.98. The summed E-state index contributed by atoms with van der Waals surface area (Å²) in [7, 11) is -1.86. The molecule has 0 bridgehead atoms. The molecular formula is C15H30N2O4Si. The van der Waals surface area contributed by atoms with E-state index in [0.29, 0.717) is 26.1 Å². The molecule has 22 heavy (non-hydrogen) atoms. The second-order valence-electron chi connectivity index (χ2n) is 7.36. The predicted octanol–water partition coefficient (Wildman–Crippen LogP) is 1.55. The molecule has 2 amide bonds. The highest BCUT2D eigenvalue weighted by molar-refractivity contribution is 6.74. The molecule has 0 unspecified atom stereocenters. The van der Waals surface area contributed by atoms with E-state index >= 15 is 0 Å². The Bertz CT molecular complexity index is 401. The predicted molar refractivity (Wildman–Crippen MR) is 87.9 cm³/mol. The Morgan fingerprint density at radius 1 is 1.41 bits per heavy atom. The molecule has 3 N–H and O–H groups in total. The first-order chi connectivity index (χ1) is 10.0. The Hall–Kier alpha value is -0.923. The molecule has 1 aliphatic rings. The van der Waals surface area contributed by atoms with Crippen molar-refractivity contribution in [1.82, 2.24) is 5.32 Å². The van der Waals surface area contributed by atoms with Crippen molar-refractivity contribution >= 4 is 20.1 Å². The Balaban J connectivity index is 2.48. The molecule has 1 rings (SSSR count). The van der Waals surface area contributed by atoms with E-state index in [4.69, 9.17) is 14.9 Å². The molecule has 1 saturated heterocycles. The van der Waals surface area contributed by atoms with Crippen LogP contribution in [0.1, 0.15) is 40.0 Å². The van der Waals surface area contributed by atoms with E-state index in [0.717, 1.165) is 6.42 Å². The third kappa shape index (κ3) is 5.37. The molecule has 1 fully saturated rings. The maximum absolute atomic E-state index is 12.0. The van der Waals surface area contributed by atoms with E-state index in [-0.39, 0.29) is 10.9 Å². The molecule has 0 spiro atoms. The lowest BCUT2D eigenvalue weighted by Gasteiger charge is -2.36. The second-order valence-corrected chi connectivity index (χ2v) is 12.2. The van der Waals surface area contributed by atoms with E-state index in [1.807, 2.05) is 0 Å². The molecular weight excluding hydrogens is 300 g/mol. The summed E-state index contributed by atoms with van der Waals surface area (Å²) < 4.78 is 11.3. The van der Waals surface area contributed by atoms with E-state index in [1.165, 1.54) is 0 Å². The molecule has 0 aromatic heterocycles. The van der Waals surface area contributed by atoms with Gasteiger partial charge in [0.1, 0.15) is 12.1 Å². The highest BCUT2D eigenvalue weighted by atomic mass is 28.4. The minimum absolute atomic E-state index is 0.107. The van der Waals surface area contributed by atoms with Crippen molar-refractivity contribution < 1.29 is 18.8 Å². The number of carbonyl (C=O) groups is 2. The highest BCUT2D eigenvalue weighted by Gasteiger charge is 2.37. The third-order valence-electron chi connectivity index (χ3n) is 4.56. The Kier molecular flexibility index (Phi) is 6.58. The van der Waals surface area contributed by atoms with Gasteiger partial charge in [-0.1, -0.05) is 20.8 Å². The normalized spacial score (nSPS) is 20.7. The van der Waals surface area contributed by atoms with Gasteiger partial charge in [0.25, 0.3) is 0 Å². The second kappa shape index (κ2) is 7.57. The Morgan fingerprint density at radius 3 is 2.50 bits per heavy atom. The van der Waals surface area contributed by atoms with Crippen LogP contribution in [0.2, 0.25) is 18.1 Å². The summed E-state index contributed by atoms with van der Waals surface area (Å²) >= 11 is 0. The molecule has 6 nitrogen and oxygen atoms in total. The van der Waals surface area contributed by atoms with Crippen LogP contribution in [-0.4, -0.2) is 45.5 Å². The van der Waals surface area contributed by atoms with Gasteiger partial charge in [-0.2, -0.15) is 0 Å². The van der Waals surface area contributed by atoms with Gasteiger partial charge in [-0.3, -0.25) is 9.59 Å². The summed E-state index contributed by atoms with van der Waals surface area (Å²) in [5.41, 5.74) is 5.38. The fraction of sp³-hybridized carbons (Fsp3) is 0.867. The van der Waals surface area contributed by atoms with Gasteiger partial charge >= 0.3 is 0 Å². The molecule has 0 aromatic carbocycles. The lowest BCUT2D eigenvalue weighted by Crippen LogP contribution is -2.49. The van der Waals surface area contributed by atoms with Crippen LogP contribution < -0.4 is 11.1 Å². The quantitative estimate of drug-likeness (QED) is 0.693. The number of nitrogens with two attached hydrogens (primary N) is 1. The Labute approximate surface area is 134 Å². The summed E-state index contributed by atoms with van der Waals surface area (Å²) in [5.74, 6) is -0.793. The van der Waals surface area contributed by atoms with Gasteiger partial charge in [0, 0.05) is 13.2 Å². The first kappa shape index (κ1) is 19.1. The van der Waals surface area contributed by atoms with E-state index in [9.17, 15) is 9.59 Å². The van der Waals surface area contributed by atoms with E-state index < -0.39 is 26.4 Å². The molecule has 0 saturated carbocycles. The summed E-state index contributed by atoms with van der Waals surface area (Å²) in [4.78, 5) is 23.5. The van der Waals surface area contributed by atoms with Crippen LogP contribution in [0.3, 0.4) is 0 Å². The van der Waals surface area contributed by atoms with Crippen molar-refractivity contribution in [2.45, 2.75) is 70.3 Å². The smallest absolute Gasteiger partial charge is 0.249 e. The zero-order valence-corrected chi connectivity index (χ0v) is 15.4. The summed E-state index contributed by atoms with van der Waals surface area (Å²) in [6.45, 7) is 11.8. The maximum atomic E-state index is 12.0. The first-order valence-electron chi connectivity index (χ1n) is 7.90. The first-order valence-corrected chi connectivity index (χ1v) is 10.8. The third-order valence-corrected chi connectivity index (χ3v) is 9.10. The van der Waals surface area contributed by atoms with Gasteiger partial charge in [-0.25, -0.2) is 0 Å². The van der Waals surface area contributed by atoms with Crippen molar-refractivity contribution in [3.05, 3.63) is 0 Å². The van der Waals surface area contributed by atoms with Crippen LogP contribution in [-0.2, 0) is 18.8 Å². The van der Waals surface area contributed by atoms with Crippen LogP contribution >= 0.6 is 0 Å². The van der Waals surface area contributed by atoms with Crippen LogP contribution in [0.15, 0.2) is 0 Å². The van der Waals surface area contributed by atoms with Crippen LogP contribution in [0, 0.1) is 0 Å². The molecule has 0 aliphatic carbocycles. The zero-order valence-electron chi connectivity index (χ0n) is 14.4. The van der Waals surface area contributed by atoms with Crippen LogP contribution in [0.25, 0.3) is 0 Å². The number of hydrogen-bond donors (Lipinski definition) is 2. The fourth-order valence-corrected chi connectivity index (χ4v) is 3.04. The van der Waals surface area contributed by atoms with Crippen molar-refractivity contribution in [3.63, 3.8) is 0 Å². The van der Waals surface area contributed by atoms with Gasteiger partial charge in [0.05, 0.1) is 0 Å². The molecule has 2 atom stereocenters. The summed E-state index contributed by atoms with van der Waals surface area (Å²) in [6.07, 6.45) is 1.49. The zero-order chi connectivity index (χ0) is 17.0. The lowest BCUT2D eigenvalue weighted by molar-refractivity contribution is -0.134. The summed E-state index contributed by atoms with van der Waals surface area (Å²) in [6, 6.07) is -0.707. The number of carbonyl (C=O) groups excluding carboxylic acids is 2. The number of hydrogen-bond acceptors (Lipinski definition) is 4. The average molecular weight is 331 g/mol. The monoisotopic (exact) mass is 330 g/mol. The number of ether oxygens (including phenoxy) is 1. The molecule has 0 aromatic rings. The van der Waals surface area contributed by atoms with Crippen LogP contribution in [0.4, 0.5) is 0 Å². The van der Waals surface area contributed by atoms with Crippen molar-refractivity contribution in [3.8, 4) is 0 Å². The molecule has 1 heterocycles. The Morgan fingerprint density at radius 2 is 2.05 bits per heavy atom. The minimum Gasteiger partial charge on any atom is -0.417 e. The van der Waals surface area contributed by atoms with Crippen molar-refractivity contribution in [2.75, 3.05) is 13.2 Å². The minimum atomic E-state index is -1.86. The standard InChI is InChI=1S/C15H30N2O4Si/c1-15(2,3)22(4,5)21-10-8-11(13(16)18)17-14(19)12-7-6-9-20-12/h11-12H,6-10H2,1-5H3,(H2,16,18)(H,17,19)/t11-,12+/m1/s1. The van der Waals surface area contributed by atoms with Gasteiger partial charge in [-0.15, -0.1) is 0 Å². The summed E-state index contributed by atoms with van der Waals surface area (Å²) in [5, 5.41) is 2.79. The molecule has 0 radical (unpaired) electrons. The maximum Gasteiger partial charge on any atom is 0.249 e. The largest absolute Gasteiger partial charge is 0.417 e. The lowest BCUT2D eigenvalue weighted by atomic mass is 10.1. The number of amides is 2. The average Bonchev–Trinajstić information content (AvgIpc) is 2.89. The van der Waals surface area contributed by atoms with Crippen molar-refractivity contribution in [2.24, 2.45) is 5.73 Å². The number of primary amides is 1. The van der Waals surface area contributed by atoms with Crippen LogP contribution in [0.5, 0.6) is 0 Å². The molecule has 128 valence electrons. The topological polar surface area (TPSA) is 90.7 Å². The van der Waals surface area contributed by atoms with Crippen molar-refractivity contribution in [1.29, 1.82) is 0 Å². The number of nitrogens with one attached hydrogen (secondary N) is 1. The van der Waals surface area contributed by atoms with Gasteiger partial charge in [-0.05, 0) is 37.4 Å². The molecule has 7 heteroatoms. The highest BCUT2D eigenvalue weighted by Crippen LogP contribution is 2.36. The van der Waals surface area contributed by atoms with Gasteiger partial charge in [0.15, 0.2) is 8.32 Å². The number of rotatable bonds is 7. The van der Waals surface area contributed by atoms with Gasteiger partial charge < -0.3 is 20.2 Å². The SMILES string of the molecule is CC(C)(C)[Si](C)(C)OCC[C@@H](NC(=O)[C@@H]1CCCO1)C(N)=O. The van der Waals surface area contributed by atoms with E-state index in [2.05, 4.69) is 39.2 Å². The van der Waals surface area contributed by atoms with E-state index in [1.54, 1.807) is 0 Å².